The third-order valence-corrected chi connectivity index (χ3v) is 8.97. The standard InChI is InChI=1S/C31H30N2O7S/c1-19(34)31(28(38)33-25(27(36)37)30(2,3)41-29(31)33)32-26(35)24-22(39-17-20-11-6-4-7-12-20)15-10-16-23(24)40-18-21-13-8-5-9-14-21/h4-16,25,29H,17-18H2,1-3H3,(H,32,35)(H,36,37)/t25-,29+,31?/m0/s1. The predicted molar refractivity (Wildman–Crippen MR) is 153 cm³/mol. The molecule has 3 aromatic carbocycles. The summed E-state index contributed by atoms with van der Waals surface area (Å²) in [5.74, 6) is -2.82. The number of Topliss-reactive ketones (excluding diaryl/α,β-unsaturated/α-hetero) is 1. The number of rotatable bonds is 10. The van der Waals surface area contributed by atoms with Crippen LogP contribution in [0, 0.1) is 0 Å². The molecular formula is C31H30N2O7S. The van der Waals surface area contributed by atoms with Crippen LogP contribution in [0.3, 0.4) is 0 Å². The number of carboxylic acid groups (broad SMARTS) is 1. The second kappa shape index (κ2) is 10.9. The summed E-state index contributed by atoms with van der Waals surface area (Å²) in [4.78, 5) is 53.8. The van der Waals surface area contributed by atoms with Gasteiger partial charge in [-0.2, -0.15) is 0 Å². The van der Waals surface area contributed by atoms with Crippen LogP contribution in [0.1, 0.15) is 42.3 Å². The number of benzene rings is 3. The largest absolute Gasteiger partial charge is 0.488 e. The van der Waals surface area contributed by atoms with Crippen molar-refractivity contribution in [2.75, 3.05) is 0 Å². The normalized spacial score (nSPS) is 22.3. The second-order valence-corrected chi connectivity index (χ2v) is 12.3. The van der Waals surface area contributed by atoms with E-state index in [4.69, 9.17) is 9.47 Å². The van der Waals surface area contributed by atoms with Crippen molar-refractivity contribution in [2.45, 2.75) is 55.7 Å². The average Bonchev–Trinajstić information content (AvgIpc) is 3.22. The molecule has 1 unspecified atom stereocenters. The summed E-state index contributed by atoms with van der Waals surface area (Å²) in [6, 6.07) is 22.6. The number of amides is 2. The third-order valence-electron chi connectivity index (χ3n) is 7.34. The molecule has 2 aliphatic heterocycles. The quantitative estimate of drug-likeness (QED) is 0.275. The van der Waals surface area contributed by atoms with Crippen LogP contribution in [-0.4, -0.2) is 55.3 Å². The van der Waals surface area contributed by atoms with Crippen molar-refractivity contribution in [3.05, 3.63) is 95.6 Å². The number of carbonyl (C=O) groups excluding carboxylic acids is 3. The first-order valence-corrected chi connectivity index (χ1v) is 14.0. The Kier molecular flexibility index (Phi) is 7.52. The maximum absolute atomic E-state index is 14.0. The Hall–Kier alpha value is -4.31. The molecule has 2 N–H and O–H groups in total. The molecule has 10 heteroatoms. The number of ketones is 1. The molecule has 5 rings (SSSR count). The van der Waals surface area contributed by atoms with Crippen LogP contribution in [0.15, 0.2) is 78.9 Å². The highest BCUT2D eigenvalue weighted by Crippen LogP contribution is 2.55. The number of carbonyl (C=O) groups is 4. The number of nitrogens with one attached hydrogen (secondary N) is 1. The molecule has 2 saturated heterocycles. The van der Waals surface area contributed by atoms with Crippen molar-refractivity contribution in [1.29, 1.82) is 0 Å². The summed E-state index contributed by atoms with van der Waals surface area (Å²) >= 11 is 1.18. The second-order valence-electron chi connectivity index (χ2n) is 10.5. The molecule has 3 aromatic rings. The summed E-state index contributed by atoms with van der Waals surface area (Å²) in [5, 5.41) is 11.6. The Labute approximate surface area is 241 Å². The zero-order valence-corrected chi connectivity index (χ0v) is 23.6. The highest BCUT2D eigenvalue weighted by molar-refractivity contribution is 8.01. The van der Waals surface area contributed by atoms with Gasteiger partial charge in [0.1, 0.15) is 41.7 Å². The van der Waals surface area contributed by atoms with Crippen LogP contribution >= 0.6 is 11.8 Å². The summed E-state index contributed by atoms with van der Waals surface area (Å²) in [5.41, 5.74) is -0.136. The number of fused-ring (bicyclic) bond motifs is 1. The highest BCUT2D eigenvalue weighted by Gasteiger charge is 2.74. The van der Waals surface area contributed by atoms with E-state index >= 15 is 0 Å². The van der Waals surface area contributed by atoms with Crippen LogP contribution < -0.4 is 14.8 Å². The predicted octanol–water partition coefficient (Wildman–Crippen LogP) is 4.05. The van der Waals surface area contributed by atoms with E-state index in [2.05, 4.69) is 5.32 Å². The van der Waals surface area contributed by atoms with Gasteiger partial charge in [-0.05, 0) is 44.0 Å². The Morgan fingerprint density at radius 1 is 0.878 bits per heavy atom. The van der Waals surface area contributed by atoms with E-state index in [1.165, 1.54) is 23.6 Å². The number of thioether (sulfide) groups is 1. The summed E-state index contributed by atoms with van der Waals surface area (Å²) in [6.07, 6.45) is 0. The van der Waals surface area contributed by atoms with E-state index < -0.39 is 45.3 Å². The van der Waals surface area contributed by atoms with Crippen molar-refractivity contribution < 1.29 is 33.8 Å². The first-order chi connectivity index (χ1) is 19.6. The van der Waals surface area contributed by atoms with E-state index in [0.29, 0.717) is 0 Å². The maximum Gasteiger partial charge on any atom is 0.327 e. The van der Waals surface area contributed by atoms with Gasteiger partial charge in [0.05, 0.1) is 0 Å². The molecule has 0 aromatic heterocycles. The lowest BCUT2D eigenvalue weighted by molar-refractivity contribution is -0.170. The van der Waals surface area contributed by atoms with Gasteiger partial charge in [0.15, 0.2) is 5.78 Å². The summed E-state index contributed by atoms with van der Waals surface area (Å²) in [6.45, 7) is 4.97. The maximum atomic E-state index is 14.0. The van der Waals surface area contributed by atoms with Gasteiger partial charge in [-0.25, -0.2) is 4.79 Å². The van der Waals surface area contributed by atoms with Crippen molar-refractivity contribution in [3.63, 3.8) is 0 Å². The average molecular weight is 575 g/mol. The highest BCUT2D eigenvalue weighted by atomic mass is 32.2. The molecule has 212 valence electrons. The number of ether oxygens (including phenoxy) is 2. The molecule has 41 heavy (non-hydrogen) atoms. The lowest BCUT2D eigenvalue weighted by atomic mass is 9.81. The monoisotopic (exact) mass is 574 g/mol. The van der Waals surface area contributed by atoms with E-state index in [0.717, 1.165) is 11.1 Å². The van der Waals surface area contributed by atoms with Crippen LogP contribution in [0.2, 0.25) is 0 Å². The van der Waals surface area contributed by atoms with Crippen LogP contribution in [0.4, 0.5) is 0 Å². The molecule has 0 spiro atoms. The molecule has 9 nitrogen and oxygen atoms in total. The fraction of sp³-hybridized carbons (Fsp3) is 0.290. The van der Waals surface area contributed by atoms with Crippen LogP contribution in [-0.2, 0) is 27.6 Å². The fourth-order valence-corrected chi connectivity index (χ4v) is 7.03. The first-order valence-electron chi connectivity index (χ1n) is 13.1. The van der Waals surface area contributed by atoms with Gasteiger partial charge in [-0.15, -0.1) is 11.8 Å². The zero-order valence-electron chi connectivity index (χ0n) is 22.8. The lowest BCUT2D eigenvalue weighted by Gasteiger charge is -2.51. The smallest absolute Gasteiger partial charge is 0.327 e. The fourth-order valence-electron chi connectivity index (χ4n) is 5.27. The van der Waals surface area contributed by atoms with Crippen molar-refractivity contribution in [1.82, 2.24) is 10.2 Å². The van der Waals surface area contributed by atoms with Crippen LogP contribution in [0.25, 0.3) is 0 Å². The van der Waals surface area contributed by atoms with Crippen molar-refractivity contribution in [3.8, 4) is 11.5 Å². The van der Waals surface area contributed by atoms with Gasteiger partial charge >= 0.3 is 5.97 Å². The van der Waals surface area contributed by atoms with Gasteiger partial charge in [0, 0.05) is 4.75 Å². The molecule has 3 atom stereocenters. The van der Waals surface area contributed by atoms with Gasteiger partial charge in [-0.3, -0.25) is 14.4 Å². The minimum Gasteiger partial charge on any atom is -0.488 e. The number of aliphatic carboxylic acids is 1. The Bertz CT molecular complexity index is 1430. The molecule has 2 heterocycles. The molecule has 0 radical (unpaired) electrons. The van der Waals surface area contributed by atoms with E-state index in [1.54, 1.807) is 32.0 Å². The molecule has 0 aliphatic carbocycles. The zero-order chi connectivity index (χ0) is 29.4. The number of nitrogens with zero attached hydrogens (tertiary/aromatic N) is 1. The first kappa shape index (κ1) is 28.2. The Balaban J connectivity index is 1.48. The van der Waals surface area contributed by atoms with Crippen molar-refractivity contribution in [2.24, 2.45) is 0 Å². The lowest BCUT2D eigenvalue weighted by Crippen LogP contribution is -2.82. The number of β-lactam (4-membered cyclic amide) rings is 1. The SMILES string of the molecule is CC(=O)C1(NC(=O)c2c(OCc3ccccc3)cccc2OCc2ccccc2)C(=O)N2[C@@H](C(=O)O)C(C)(C)S[C@@H]21. The third kappa shape index (κ3) is 5.04. The molecule has 2 amide bonds. The number of hydrogen-bond acceptors (Lipinski definition) is 7. The van der Waals surface area contributed by atoms with Gasteiger partial charge in [-0.1, -0.05) is 66.7 Å². The van der Waals surface area contributed by atoms with Crippen LogP contribution in [0.5, 0.6) is 11.5 Å². The Morgan fingerprint density at radius 2 is 1.39 bits per heavy atom. The topological polar surface area (TPSA) is 122 Å². The number of carboxylic acids is 1. The molecule has 2 fully saturated rings. The summed E-state index contributed by atoms with van der Waals surface area (Å²) < 4.78 is 11.2. The minimum atomic E-state index is -1.92. The van der Waals surface area contributed by atoms with Crippen molar-refractivity contribution >= 4 is 35.3 Å². The number of hydrogen-bond donors (Lipinski definition) is 2. The van der Waals surface area contributed by atoms with Gasteiger partial charge in [0.2, 0.25) is 5.54 Å². The van der Waals surface area contributed by atoms with E-state index in [9.17, 15) is 24.3 Å². The molecule has 0 saturated carbocycles. The Morgan fingerprint density at radius 3 is 1.85 bits per heavy atom. The molecule has 2 aliphatic rings. The molecule has 0 bridgehead atoms. The minimum absolute atomic E-state index is 0.0308. The molecular weight excluding hydrogens is 544 g/mol. The van der Waals surface area contributed by atoms with Gasteiger partial charge in [0.25, 0.3) is 11.8 Å². The summed E-state index contributed by atoms with van der Waals surface area (Å²) in [7, 11) is 0. The van der Waals surface area contributed by atoms with Gasteiger partial charge < -0.3 is 24.8 Å². The van der Waals surface area contributed by atoms with E-state index in [1.807, 2.05) is 60.7 Å². The van der Waals surface area contributed by atoms with E-state index in [-0.39, 0.29) is 30.3 Å².